The van der Waals surface area contributed by atoms with Crippen molar-refractivity contribution in [3.63, 3.8) is 0 Å². The van der Waals surface area contributed by atoms with Crippen LogP contribution in [0.2, 0.25) is 0 Å². The fourth-order valence-corrected chi connectivity index (χ4v) is 1.18. The minimum absolute atomic E-state index is 0.0278. The van der Waals surface area contributed by atoms with Crippen molar-refractivity contribution in [3.8, 4) is 0 Å². The Morgan fingerprint density at radius 3 is 2.53 bits per heavy atom. The van der Waals surface area contributed by atoms with Crippen LogP contribution in [-0.2, 0) is 19.1 Å². The molecule has 0 aliphatic carbocycles. The SMILES string of the molecule is COCCNC(=O)CN(C)C(=O)C(N)COC. The molecule has 1 unspecified atom stereocenters. The zero-order valence-corrected chi connectivity index (χ0v) is 10.6. The van der Waals surface area contributed by atoms with Gasteiger partial charge in [0.15, 0.2) is 0 Å². The zero-order chi connectivity index (χ0) is 13.3. The highest BCUT2D eigenvalue weighted by atomic mass is 16.5. The van der Waals surface area contributed by atoms with Crippen LogP contribution in [0, 0.1) is 0 Å². The summed E-state index contributed by atoms with van der Waals surface area (Å²) in [4.78, 5) is 24.3. The molecule has 0 aromatic rings. The molecule has 0 aromatic heterocycles. The standard InChI is InChI=1S/C10H21N3O4/c1-13(10(15)8(11)7-17-3)6-9(14)12-4-5-16-2/h8H,4-7,11H2,1-3H3,(H,12,14). The number of carbonyl (C=O) groups excluding carboxylic acids is 2. The fraction of sp³-hybridized carbons (Fsp3) is 0.800. The minimum atomic E-state index is -0.739. The first kappa shape index (κ1) is 15.8. The predicted molar refractivity (Wildman–Crippen MR) is 62.4 cm³/mol. The molecule has 0 saturated carbocycles. The van der Waals surface area contributed by atoms with Gasteiger partial charge in [-0.2, -0.15) is 0 Å². The molecule has 0 fully saturated rings. The Morgan fingerprint density at radius 2 is 2.00 bits per heavy atom. The lowest BCUT2D eigenvalue weighted by Crippen LogP contribution is -2.47. The van der Waals surface area contributed by atoms with Gasteiger partial charge in [-0.1, -0.05) is 0 Å². The molecule has 2 amide bonds. The summed E-state index contributed by atoms with van der Waals surface area (Å²) in [5.41, 5.74) is 5.56. The largest absolute Gasteiger partial charge is 0.383 e. The van der Waals surface area contributed by atoms with Crippen LogP contribution in [0.5, 0.6) is 0 Å². The van der Waals surface area contributed by atoms with E-state index in [1.165, 1.54) is 19.1 Å². The number of hydrogen-bond donors (Lipinski definition) is 2. The van der Waals surface area contributed by atoms with Crippen LogP contribution >= 0.6 is 0 Å². The van der Waals surface area contributed by atoms with Crippen molar-refractivity contribution in [1.82, 2.24) is 10.2 Å². The molecule has 100 valence electrons. The van der Waals surface area contributed by atoms with Crippen molar-refractivity contribution in [2.45, 2.75) is 6.04 Å². The number of likely N-dealkylation sites (N-methyl/N-ethyl adjacent to an activating group) is 1. The molecule has 0 bridgehead atoms. The van der Waals surface area contributed by atoms with Crippen LogP contribution in [0.1, 0.15) is 0 Å². The van der Waals surface area contributed by atoms with Crippen LogP contribution in [0.4, 0.5) is 0 Å². The van der Waals surface area contributed by atoms with Gasteiger partial charge in [0.25, 0.3) is 0 Å². The maximum Gasteiger partial charge on any atom is 0.242 e. The zero-order valence-electron chi connectivity index (χ0n) is 10.6. The number of carbonyl (C=O) groups is 2. The van der Waals surface area contributed by atoms with Crippen LogP contribution < -0.4 is 11.1 Å². The lowest BCUT2D eigenvalue weighted by molar-refractivity contribution is -0.136. The summed E-state index contributed by atoms with van der Waals surface area (Å²) in [5.74, 6) is -0.573. The first-order chi connectivity index (χ1) is 8.02. The Labute approximate surface area is 101 Å². The molecular weight excluding hydrogens is 226 g/mol. The van der Waals surface area contributed by atoms with Gasteiger partial charge in [-0.3, -0.25) is 9.59 Å². The number of methoxy groups -OCH3 is 2. The topological polar surface area (TPSA) is 93.9 Å². The molecule has 1 atom stereocenters. The number of hydrogen-bond acceptors (Lipinski definition) is 5. The molecule has 0 spiro atoms. The van der Waals surface area contributed by atoms with Crippen LogP contribution in [0.3, 0.4) is 0 Å². The third-order valence-corrected chi connectivity index (χ3v) is 2.05. The molecule has 0 aliphatic rings. The molecule has 0 radical (unpaired) electrons. The third-order valence-electron chi connectivity index (χ3n) is 2.05. The molecule has 7 heteroatoms. The Morgan fingerprint density at radius 1 is 1.35 bits per heavy atom. The molecule has 0 rings (SSSR count). The highest BCUT2D eigenvalue weighted by Gasteiger charge is 2.19. The first-order valence-corrected chi connectivity index (χ1v) is 5.28. The van der Waals surface area contributed by atoms with Gasteiger partial charge >= 0.3 is 0 Å². The number of nitrogens with two attached hydrogens (primary N) is 1. The summed E-state index contributed by atoms with van der Waals surface area (Å²) in [6, 6.07) is -0.739. The number of rotatable bonds is 8. The van der Waals surface area contributed by atoms with E-state index in [1.54, 1.807) is 7.11 Å². The highest BCUT2D eigenvalue weighted by Crippen LogP contribution is 1.90. The average molecular weight is 247 g/mol. The Kier molecular flexibility index (Phi) is 8.29. The van der Waals surface area contributed by atoms with E-state index >= 15 is 0 Å². The van der Waals surface area contributed by atoms with Crippen LogP contribution in [0.15, 0.2) is 0 Å². The van der Waals surface area contributed by atoms with E-state index in [0.29, 0.717) is 13.2 Å². The molecule has 7 nitrogen and oxygen atoms in total. The lowest BCUT2D eigenvalue weighted by atomic mass is 10.3. The van der Waals surface area contributed by atoms with E-state index in [0.717, 1.165) is 0 Å². The van der Waals surface area contributed by atoms with Crippen molar-refractivity contribution < 1.29 is 19.1 Å². The number of amides is 2. The van der Waals surface area contributed by atoms with Gasteiger partial charge in [-0.15, -0.1) is 0 Å². The molecular formula is C10H21N3O4. The Balaban J connectivity index is 3.94. The molecule has 0 saturated heterocycles. The summed E-state index contributed by atoms with van der Waals surface area (Å²) in [6.07, 6.45) is 0. The second kappa shape index (κ2) is 8.91. The van der Waals surface area contributed by atoms with Crippen LogP contribution in [0.25, 0.3) is 0 Å². The summed E-state index contributed by atoms with van der Waals surface area (Å²) < 4.78 is 9.55. The number of nitrogens with zero attached hydrogens (tertiary/aromatic N) is 1. The van der Waals surface area contributed by atoms with E-state index in [-0.39, 0.29) is 25.0 Å². The van der Waals surface area contributed by atoms with Crippen molar-refractivity contribution >= 4 is 11.8 Å². The smallest absolute Gasteiger partial charge is 0.242 e. The van der Waals surface area contributed by atoms with Crippen LogP contribution in [-0.4, -0.2) is 70.3 Å². The third kappa shape index (κ3) is 6.88. The van der Waals surface area contributed by atoms with Gasteiger partial charge in [0.05, 0.1) is 19.8 Å². The number of nitrogens with one attached hydrogen (secondary N) is 1. The molecule has 0 aromatic carbocycles. The molecule has 3 N–H and O–H groups in total. The minimum Gasteiger partial charge on any atom is -0.383 e. The van der Waals surface area contributed by atoms with E-state index in [1.807, 2.05) is 0 Å². The molecule has 17 heavy (non-hydrogen) atoms. The fourth-order valence-electron chi connectivity index (χ4n) is 1.18. The van der Waals surface area contributed by atoms with Crippen molar-refractivity contribution in [2.24, 2.45) is 5.73 Å². The first-order valence-electron chi connectivity index (χ1n) is 5.28. The molecule has 0 aliphatic heterocycles. The molecule has 0 heterocycles. The summed E-state index contributed by atoms with van der Waals surface area (Å²) in [7, 11) is 4.53. The van der Waals surface area contributed by atoms with E-state index in [4.69, 9.17) is 15.2 Å². The van der Waals surface area contributed by atoms with E-state index < -0.39 is 6.04 Å². The van der Waals surface area contributed by atoms with E-state index in [2.05, 4.69) is 5.32 Å². The second-order valence-electron chi connectivity index (χ2n) is 3.60. The summed E-state index contributed by atoms with van der Waals surface area (Å²) >= 11 is 0. The van der Waals surface area contributed by atoms with Gasteiger partial charge in [0.1, 0.15) is 6.04 Å². The summed E-state index contributed by atoms with van der Waals surface area (Å²) in [5, 5.41) is 2.61. The van der Waals surface area contributed by atoms with Gasteiger partial charge in [-0.05, 0) is 0 Å². The Hall–Kier alpha value is -1.18. The second-order valence-corrected chi connectivity index (χ2v) is 3.60. The van der Waals surface area contributed by atoms with Gasteiger partial charge < -0.3 is 25.4 Å². The van der Waals surface area contributed by atoms with Crippen molar-refractivity contribution in [1.29, 1.82) is 0 Å². The Bertz CT molecular complexity index is 248. The van der Waals surface area contributed by atoms with Crippen molar-refractivity contribution in [3.05, 3.63) is 0 Å². The maximum atomic E-state index is 11.6. The van der Waals surface area contributed by atoms with Gasteiger partial charge in [0, 0.05) is 27.8 Å². The quantitative estimate of drug-likeness (QED) is 0.493. The average Bonchev–Trinajstić information content (AvgIpc) is 2.28. The normalized spacial score (nSPS) is 12.0. The van der Waals surface area contributed by atoms with Crippen molar-refractivity contribution in [2.75, 3.05) is 47.6 Å². The number of ether oxygens (including phenoxy) is 2. The van der Waals surface area contributed by atoms with Gasteiger partial charge in [-0.25, -0.2) is 0 Å². The summed E-state index contributed by atoms with van der Waals surface area (Å²) in [6.45, 7) is 0.961. The lowest BCUT2D eigenvalue weighted by Gasteiger charge is -2.20. The monoisotopic (exact) mass is 247 g/mol. The van der Waals surface area contributed by atoms with E-state index in [9.17, 15) is 9.59 Å². The maximum absolute atomic E-state index is 11.6. The predicted octanol–water partition coefficient (Wildman–Crippen LogP) is -1.82. The van der Waals surface area contributed by atoms with Gasteiger partial charge in [0.2, 0.25) is 11.8 Å². The highest BCUT2D eigenvalue weighted by molar-refractivity contribution is 5.87.